The zero-order chi connectivity index (χ0) is 18.8. The highest BCUT2D eigenvalue weighted by Gasteiger charge is 2.24. The molecule has 1 heterocycles. The molecular formula is C19H21NO5S. The maximum absolute atomic E-state index is 12.8. The van der Waals surface area contributed by atoms with E-state index >= 15 is 0 Å². The molecule has 1 amide bonds. The molecule has 1 aliphatic carbocycles. The molecule has 6 nitrogen and oxygen atoms in total. The van der Waals surface area contributed by atoms with Crippen molar-refractivity contribution in [2.24, 2.45) is 5.92 Å². The first-order valence-electron chi connectivity index (χ1n) is 8.34. The number of fused-ring (bicyclic) bond motifs is 1. The predicted molar refractivity (Wildman–Crippen MR) is 100.0 cm³/mol. The minimum Gasteiger partial charge on any atom is -0.493 e. The highest BCUT2D eigenvalue weighted by atomic mass is 32.1. The first-order chi connectivity index (χ1) is 12.4. The summed E-state index contributed by atoms with van der Waals surface area (Å²) in [6, 6.07) is 2.74. The lowest BCUT2D eigenvalue weighted by atomic mass is 9.88. The number of hydrogen-bond acceptors (Lipinski definition) is 5. The smallest absolute Gasteiger partial charge is 0.335 e. The molecule has 26 heavy (non-hydrogen) atoms. The standard InChI is InChI=1S/C19H21NO5S/c1-10-4-5-12-13(9-26-16(12)6-10)18(21)20-14-7-11(19(22)23)8-15(24-2)17(14)25-3/h7-10H,4-6H2,1-3H3,(H,20,21)(H,22,23). The third-order valence-corrected chi connectivity index (χ3v) is 5.67. The van der Waals surface area contributed by atoms with Gasteiger partial charge in [0.25, 0.3) is 5.91 Å². The molecule has 0 radical (unpaired) electrons. The van der Waals surface area contributed by atoms with Gasteiger partial charge in [0.15, 0.2) is 11.5 Å². The van der Waals surface area contributed by atoms with Gasteiger partial charge in [0, 0.05) is 10.3 Å². The zero-order valence-electron chi connectivity index (χ0n) is 14.9. The van der Waals surface area contributed by atoms with Gasteiger partial charge >= 0.3 is 5.97 Å². The number of thiophene rings is 1. The molecule has 0 saturated heterocycles. The molecule has 0 bridgehead atoms. The quantitative estimate of drug-likeness (QED) is 0.829. The van der Waals surface area contributed by atoms with Crippen molar-refractivity contribution in [1.82, 2.24) is 0 Å². The summed E-state index contributed by atoms with van der Waals surface area (Å²) in [6.45, 7) is 2.22. The molecule has 1 aromatic carbocycles. The molecule has 0 fully saturated rings. The number of ether oxygens (including phenoxy) is 2. The van der Waals surface area contributed by atoms with Crippen LogP contribution in [0.5, 0.6) is 11.5 Å². The van der Waals surface area contributed by atoms with Crippen molar-refractivity contribution in [3.8, 4) is 11.5 Å². The monoisotopic (exact) mass is 375 g/mol. The van der Waals surface area contributed by atoms with Crippen molar-refractivity contribution in [2.45, 2.75) is 26.2 Å². The molecule has 138 valence electrons. The minimum absolute atomic E-state index is 0.0131. The van der Waals surface area contributed by atoms with E-state index in [4.69, 9.17) is 9.47 Å². The number of hydrogen-bond donors (Lipinski definition) is 2. The number of methoxy groups -OCH3 is 2. The Morgan fingerprint density at radius 2 is 2.04 bits per heavy atom. The van der Waals surface area contributed by atoms with Gasteiger partial charge in [-0.2, -0.15) is 0 Å². The number of carboxylic acids is 1. The second kappa shape index (κ2) is 7.37. The van der Waals surface area contributed by atoms with Crippen LogP contribution in [0.25, 0.3) is 0 Å². The van der Waals surface area contributed by atoms with E-state index in [1.807, 2.05) is 5.38 Å². The summed E-state index contributed by atoms with van der Waals surface area (Å²) >= 11 is 1.61. The summed E-state index contributed by atoms with van der Waals surface area (Å²) in [6.07, 6.45) is 2.95. The maximum Gasteiger partial charge on any atom is 0.335 e. The molecule has 7 heteroatoms. The summed E-state index contributed by atoms with van der Waals surface area (Å²) in [5.74, 6) is -0.190. The van der Waals surface area contributed by atoms with Gasteiger partial charge in [-0.1, -0.05) is 6.92 Å². The van der Waals surface area contributed by atoms with Crippen molar-refractivity contribution in [3.05, 3.63) is 39.1 Å². The molecule has 0 aliphatic heterocycles. The second-order valence-electron chi connectivity index (χ2n) is 6.42. The Bertz CT molecular complexity index is 858. The zero-order valence-corrected chi connectivity index (χ0v) is 15.7. The summed E-state index contributed by atoms with van der Waals surface area (Å²) in [4.78, 5) is 25.4. The Kier molecular flexibility index (Phi) is 5.18. The predicted octanol–water partition coefficient (Wildman–Crippen LogP) is 3.84. The normalized spacial score (nSPS) is 15.9. The first kappa shape index (κ1) is 18.3. The van der Waals surface area contributed by atoms with Gasteiger partial charge in [0.1, 0.15) is 0 Å². The van der Waals surface area contributed by atoms with Crippen molar-refractivity contribution in [2.75, 3.05) is 19.5 Å². The van der Waals surface area contributed by atoms with Crippen molar-refractivity contribution >= 4 is 28.9 Å². The van der Waals surface area contributed by atoms with Gasteiger partial charge < -0.3 is 19.9 Å². The highest BCUT2D eigenvalue weighted by Crippen LogP contribution is 2.38. The summed E-state index contributed by atoms with van der Waals surface area (Å²) in [5, 5.41) is 14.0. The van der Waals surface area contributed by atoms with Crippen LogP contribution in [0.1, 0.15) is 44.5 Å². The van der Waals surface area contributed by atoms with Gasteiger partial charge in [0.05, 0.1) is 31.0 Å². The molecule has 1 aromatic heterocycles. The molecule has 1 unspecified atom stereocenters. The van der Waals surface area contributed by atoms with Crippen molar-refractivity contribution in [1.29, 1.82) is 0 Å². The van der Waals surface area contributed by atoms with Crippen molar-refractivity contribution in [3.63, 3.8) is 0 Å². The summed E-state index contributed by atoms with van der Waals surface area (Å²) in [7, 11) is 2.87. The molecule has 2 aromatic rings. The second-order valence-corrected chi connectivity index (χ2v) is 7.38. The summed E-state index contributed by atoms with van der Waals surface area (Å²) < 4.78 is 10.5. The topological polar surface area (TPSA) is 84.9 Å². The van der Waals surface area contributed by atoms with Crippen LogP contribution in [0.15, 0.2) is 17.5 Å². The van der Waals surface area contributed by atoms with Gasteiger partial charge in [-0.05, 0) is 42.9 Å². The van der Waals surface area contributed by atoms with E-state index < -0.39 is 5.97 Å². The molecular weight excluding hydrogens is 354 g/mol. The van der Waals surface area contributed by atoms with Gasteiger partial charge in [0.2, 0.25) is 0 Å². The molecule has 2 N–H and O–H groups in total. The molecule has 3 rings (SSSR count). The number of carboxylic acid groups (broad SMARTS) is 1. The Morgan fingerprint density at radius 3 is 2.69 bits per heavy atom. The van der Waals surface area contributed by atoms with E-state index in [0.29, 0.717) is 17.2 Å². The van der Waals surface area contributed by atoms with Gasteiger partial charge in [-0.3, -0.25) is 4.79 Å². The van der Waals surface area contributed by atoms with Crippen LogP contribution < -0.4 is 14.8 Å². The number of anilines is 1. The Labute approximate surface area is 155 Å². The van der Waals surface area contributed by atoms with Crippen LogP contribution in [0, 0.1) is 5.92 Å². The number of carbonyl (C=O) groups is 2. The van der Waals surface area contributed by atoms with E-state index in [9.17, 15) is 14.7 Å². The van der Waals surface area contributed by atoms with E-state index in [0.717, 1.165) is 24.8 Å². The number of carbonyl (C=O) groups excluding carboxylic acids is 1. The third-order valence-electron chi connectivity index (χ3n) is 4.62. The fraction of sp³-hybridized carbons (Fsp3) is 0.368. The largest absolute Gasteiger partial charge is 0.493 e. The van der Waals surface area contributed by atoms with Crippen LogP contribution in [0.2, 0.25) is 0 Å². The average Bonchev–Trinajstić information content (AvgIpc) is 3.03. The summed E-state index contributed by atoms with van der Waals surface area (Å²) in [5.41, 5.74) is 2.04. The Balaban J connectivity index is 1.94. The van der Waals surface area contributed by atoms with Crippen LogP contribution in [-0.2, 0) is 12.8 Å². The van der Waals surface area contributed by atoms with Gasteiger partial charge in [-0.25, -0.2) is 4.79 Å². The highest BCUT2D eigenvalue weighted by molar-refractivity contribution is 7.10. The lowest BCUT2D eigenvalue weighted by molar-refractivity contribution is 0.0696. The lowest BCUT2D eigenvalue weighted by Gasteiger charge is -2.19. The molecule has 0 spiro atoms. The van der Waals surface area contributed by atoms with Gasteiger partial charge in [-0.15, -0.1) is 11.3 Å². The maximum atomic E-state index is 12.8. The minimum atomic E-state index is -1.11. The number of amides is 1. The number of aromatic carboxylic acids is 1. The van der Waals surface area contributed by atoms with Crippen LogP contribution >= 0.6 is 11.3 Å². The lowest BCUT2D eigenvalue weighted by Crippen LogP contribution is -2.17. The first-order valence-corrected chi connectivity index (χ1v) is 9.22. The SMILES string of the molecule is COc1cc(C(=O)O)cc(NC(=O)c2csc3c2CCC(C)C3)c1OC. The molecule has 0 saturated carbocycles. The number of nitrogens with one attached hydrogen (secondary N) is 1. The van der Waals surface area contributed by atoms with Crippen LogP contribution in [-0.4, -0.2) is 31.2 Å². The average molecular weight is 375 g/mol. The Morgan fingerprint density at radius 1 is 1.27 bits per heavy atom. The van der Waals surface area contributed by atoms with Crippen LogP contribution in [0.4, 0.5) is 5.69 Å². The molecule has 1 atom stereocenters. The van der Waals surface area contributed by atoms with E-state index in [1.54, 1.807) is 11.3 Å². The van der Waals surface area contributed by atoms with E-state index in [1.165, 1.54) is 31.2 Å². The van der Waals surface area contributed by atoms with E-state index in [-0.39, 0.29) is 22.9 Å². The number of benzene rings is 1. The number of rotatable bonds is 5. The third kappa shape index (κ3) is 3.39. The fourth-order valence-corrected chi connectivity index (χ4v) is 4.48. The molecule has 1 aliphatic rings. The van der Waals surface area contributed by atoms with Crippen molar-refractivity contribution < 1.29 is 24.2 Å². The van der Waals surface area contributed by atoms with E-state index in [2.05, 4.69) is 12.2 Å². The Hall–Kier alpha value is -2.54. The van der Waals surface area contributed by atoms with Crippen LogP contribution in [0.3, 0.4) is 0 Å². The fourth-order valence-electron chi connectivity index (χ4n) is 3.24.